The number of piperidine rings is 1. The van der Waals surface area contributed by atoms with E-state index in [2.05, 4.69) is 4.90 Å². The van der Waals surface area contributed by atoms with Gasteiger partial charge in [0.25, 0.3) is 0 Å². The van der Waals surface area contributed by atoms with E-state index >= 15 is 0 Å². The number of rotatable bonds is 2. The zero-order valence-electron chi connectivity index (χ0n) is 9.53. The molecule has 1 saturated heterocycles. The molecule has 0 unspecified atom stereocenters. The highest BCUT2D eigenvalue weighted by Gasteiger charge is 2.17. The average Bonchev–Trinajstić information content (AvgIpc) is 2.24. The van der Waals surface area contributed by atoms with E-state index in [1.54, 1.807) is 6.07 Å². The van der Waals surface area contributed by atoms with Crippen LogP contribution in [0.15, 0.2) is 18.2 Å². The van der Waals surface area contributed by atoms with Crippen LogP contribution in [-0.2, 0) is 6.54 Å². The van der Waals surface area contributed by atoms with Gasteiger partial charge in [0.2, 0.25) is 0 Å². The fraction of sp³-hybridized carbons (Fsp3) is 0.500. The van der Waals surface area contributed by atoms with Crippen molar-refractivity contribution >= 4 is 24.0 Å². The van der Waals surface area contributed by atoms with E-state index in [0.29, 0.717) is 11.6 Å². The second-order valence-corrected chi connectivity index (χ2v) is 4.78. The Morgan fingerprint density at radius 2 is 2.24 bits per heavy atom. The molecule has 0 radical (unpaired) electrons. The molecule has 2 rings (SSSR count). The summed E-state index contributed by atoms with van der Waals surface area (Å²) in [6, 6.07) is 4.73. The Morgan fingerprint density at radius 1 is 1.47 bits per heavy atom. The van der Waals surface area contributed by atoms with E-state index in [0.717, 1.165) is 31.5 Å². The molecule has 2 N–H and O–H groups in total. The Hall–Kier alpha value is -0.350. The van der Waals surface area contributed by atoms with Gasteiger partial charge in [-0.25, -0.2) is 4.39 Å². The maximum atomic E-state index is 13.1. The van der Waals surface area contributed by atoms with Crippen LogP contribution in [0.1, 0.15) is 18.4 Å². The number of nitrogens with zero attached hydrogens (tertiary/aromatic N) is 1. The van der Waals surface area contributed by atoms with Gasteiger partial charge in [-0.15, -0.1) is 12.4 Å². The van der Waals surface area contributed by atoms with Crippen LogP contribution in [0.4, 0.5) is 4.39 Å². The third-order valence-corrected chi connectivity index (χ3v) is 3.31. The van der Waals surface area contributed by atoms with Gasteiger partial charge in [0.1, 0.15) is 5.82 Å². The van der Waals surface area contributed by atoms with E-state index in [1.807, 2.05) is 0 Å². The highest BCUT2D eigenvalue weighted by Crippen LogP contribution is 2.20. The first kappa shape index (κ1) is 14.7. The van der Waals surface area contributed by atoms with Crippen LogP contribution >= 0.6 is 24.0 Å². The molecule has 0 saturated carbocycles. The first-order valence-electron chi connectivity index (χ1n) is 5.57. The topological polar surface area (TPSA) is 29.3 Å². The Bertz CT molecular complexity index is 374. The summed E-state index contributed by atoms with van der Waals surface area (Å²) in [5.41, 5.74) is 6.74. The first-order chi connectivity index (χ1) is 7.65. The summed E-state index contributed by atoms with van der Waals surface area (Å²) in [6.45, 7) is 2.57. The number of hydrogen-bond donors (Lipinski definition) is 1. The van der Waals surface area contributed by atoms with Crippen LogP contribution in [0.25, 0.3) is 0 Å². The van der Waals surface area contributed by atoms with Crippen molar-refractivity contribution < 1.29 is 4.39 Å². The van der Waals surface area contributed by atoms with Crippen molar-refractivity contribution in [2.45, 2.75) is 25.4 Å². The molecule has 2 nitrogen and oxygen atoms in total. The summed E-state index contributed by atoms with van der Waals surface area (Å²) in [5.74, 6) is -0.235. The third-order valence-electron chi connectivity index (χ3n) is 2.94. The zero-order valence-corrected chi connectivity index (χ0v) is 11.1. The maximum absolute atomic E-state index is 13.1. The fourth-order valence-electron chi connectivity index (χ4n) is 2.14. The van der Waals surface area contributed by atoms with Gasteiger partial charge in [0.05, 0.1) is 0 Å². The van der Waals surface area contributed by atoms with Gasteiger partial charge in [-0.1, -0.05) is 11.6 Å². The minimum atomic E-state index is -0.235. The lowest BCUT2D eigenvalue weighted by Gasteiger charge is -2.30. The first-order valence-corrected chi connectivity index (χ1v) is 5.95. The van der Waals surface area contributed by atoms with E-state index in [-0.39, 0.29) is 24.3 Å². The predicted molar refractivity (Wildman–Crippen MR) is 71.1 cm³/mol. The molecule has 5 heteroatoms. The fourth-order valence-corrected chi connectivity index (χ4v) is 2.32. The number of nitrogens with two attached hydrogens (primary N) is 1. The molecule has 1 aliphatic heterocycles. The van der Waals surface area contributed by atoms with E-state index < -0.39 is 0 Å². The lowest BCUT2D eigenvalue weighted by molar-refractivity contribution is 0.201. The van der Waals surface area contributed by atoms with Crippen LogP contribution in [0.3, 0.4) is 0 Å². The summed E-state index contributed by atoms with van der Waals surface area (Å²) in [6.07, 6.45) is 2.18. The third kappa shape index (κ3) is 4.11. The molecule has 0 spiro atoms. The number of halogens is 3. The van der Waals surface area contributed by atoms with Gasteiger partial charge in [-0.2, -0.15) is 0 Å². The molecule has 1 atom stereocenters. The summed E-state index contributed by atoms with van der Waals surface area (Å²) in [7, 11) is 0. The molecule has 0 aliphatic carbocycles. The quantitative estimate of drug-likeness (QED) is 0.902. The molecule has 1 aromatic carbocycles. The van der Waals surface area contributed by atoms with Crippen molar-refractivity contribution in [1.82, 2.24) is 4.90 Å². The number of benzene rings is 1. The van der Waals surface area contributed by atoms with Crippen LogP contribution in [-0.4, -0.2) is 24.0 Å². The Labute approximate surface area is 112 Å². The molecule has 17 heavy (non-hydrogen) atoms. The van der Waals surface area contributed by atoms with Crippen molar-refractivity contribution in [3.8, 4) is 0 Å². The molecule has 1 fully saturated rings. The summed E-state index contributed by atoms with van der Waals surface area (Å²) in [5, 5.41) is 0.626. The monoisotopic (exact) mass is 278 g/mol. The van der Waals surface area contributed by atoms with Gasteiger partial charge in [-0.05, 0) is 43.1 Å². The van der Waals surface area contributed by atoms with Gasteiger partial charge in [0, 0.05) is 24.2 Å². The predicted octanol–water partition coefficient (Wildman–Crippen LogP) is 2.82. The van der Waals surface area contributed by atoms with Crippen LogP contribution in [0, 0.1) is 5.82 Å². The molecule has 0 aromatic heterocycles. The maximum Gasteiger partial charge on any atom is 0.123 e. The summed E-state index contributed by atoms with van der Waals surface area (Å²) >= 11 is 6.03. The Morgan fingerprint density at radius 3 is 2.94 bits per heavy atom. The highest BCUT2D eigenvalue weighted by atomic mass is 35.5. The summed E-state index contributed by atoms with van der Waals surface area (Å²) < 4.78 is 13.1. The van der Waals surface area contributed by atoms with E-state index in [1.165, 1.54) is 12.1 Å². The van der Waals surface area contributed by atoms with Crippen molar-refractivity contribution in [1.29, 1.82) is 0 Å². The smallest absolute Gasteiger partial charge is 0.123 e. The largest absolute Gasteiger partial charge is 0.327 e. The molecule has 96 valence electrons. The summed E-state index contributed by atoms with van der Waals surface area (Å²) in [4.78, 5) is 2.23. The van der Waals surface area contributed by atoms with Gasteiger partial charge in [-0.3, -0.25) is 4.90 Å². The van der Waals surface area contributed by atoms with Crippen LogP contribution < -0.4 is 5.73 Å². The second-order valence-electron chi connectivity index (χ2n) is 4.37. The molecule has 1 aromatic rings. The zero-order chi connectivity index (χ0) is 11.5. The normalized spacial score (nSPS) is 21.0. The van der Waals surface area contributed by atoms with Crippen molar-refractivity contribution in [3.05, 3.63) is 34.6 Å². The molecule has 1 aliphatic rings. The Balaban J connectivity index is 0.00000144. The van der Waals surface area contributed by atoms with Gasteiger partial charge in [0.15, 0.2) is 0 Å². The van der Waals surface area contributed by atoms with Crippen molar-refractivity contribution in [2.75, 3.05) is 13.1 Å². The van der Waals surface area contributed by atoms with Crippen LogP contribution in [0.2, 0.25) is 5.02 Å². The average molecular weight is 279 g/mol. The number of likely N-dealkylation sites (tertiary alicyclic amines) is 1. The van der Waals surface area contributed by atoms with Crippen LogP contribution in [0.5, 0.6) is 0 Å². The minimum absolute atomic E-state index is 0. The standard InChI is InChI=1S/C12H16ClFN2.ClH/c13-12-4-3-10(14)6-9(12)7-16-5-1-2-11(15)8-16;/h3-4,6,11H,1-2,5,7-8,15H2;1H/t11-;/m1./s1. The number of hydrogen-bond acceptors (Lipinski definition) is 2. The van der Waals surface area contributed by atoms with E-state index in [9.17, 15) is 4.39 Å². The van der Waals surface area contributed by atoms with Crippen molar-refractivity contribution in [3.63, 3.8) is 0 Å². The van der Waals surface area contributed by atoms with Gasteiger partial charge >= 0.3 is 0 Å². The Kier molecular flexibility index (Phi) is 5.67. The lowest BCUT2D eigenvalue weighted by Crippen LogP contribution is -2.42. The highest BCUT2D eigenvalue weighted by molar-refractivity contribution is 6.31. The molecule has 1 heterocycles. The molecular formula is C12H17Cl2FN2. The van der Waals surface area contributed by atoms with Gasteiger partial charge < -0.3 is 5.73 Å². The molecular weight excluding hydrogens is 262 g/mol. The van der Waals surface area contributed by atoms with Crippen molar-refractivity contribution in [2.24, 2.45) is 5.73 Å². The SMILES string of the molecule is Cl.N[C@@H]1CCCN(Cc2cc(F)ccc2Cl)C1. The second kappa shape index (κ2) is 6.55. The van der Waals surface area contributed by atoms with E-state index in [4.69, 9.17) is 17.3 Å². The molecule has 0 amide bonds. The molecule has 0 bridgehead atoms. The minimum Gasteiger partial charge on any atom is -0.327 e. The lowest BCUT2D eigenvalue weighted by atomic mass is 10.1.